The topological polar surface area (TPSA) is 85.6 Å². The van der Waals surface area contributed by atoms with E-state index in [1.807, 2.05) is 48.5 Å². The zero-order valence-corrected chi connectivity index (χ0v) is 44.0. The summed E-state index contributed by atoms with van der Waals surface area (Å²) >= 11 is 0. The number of hydrogen-bond donors (Lipinski definition) is 0. The highest BCUT2D eigenvalue weighted by molar-refractivity contribution is 6.14. The van der Waals surface area contributed by atoms with Gasteiger partial charge in [0.05, 0.1) is 62.8 Å². The van der Waals surface area contributed by atoms with Crippen molar-refractivity contribution in [1.29, 1.82) is 15.8 Å². The van der Waals surface area contributed by atoms with Crippen molar-refractivity contribution in [2.45, 2.75) is 52.4 Å². The van der Waals surface area contributed by atoms with Crippen molar-refractivity contribution in [3.63, 3.8) is 0 Å². The molecule has 0 N–H and O–H groups in total. The van der Waals surface area contributed by atoms with Crippen LogP contribution >= 0.6 is 0 Å². The Hall–Kier alpha value is -10.2. The van der Waals surface area contributed by atoms with E-state index in [-0.39, 0.29) is 10.8 Å². The molecule has 0 bridgehead atoms. The molecule has 0 saturated carbocycles. The number of rotatable bonds is 5. The van der Waals surface area contributed by atoms with Gasteiger partial charge in [-0.2, -0.15) is 15.8 Å². The van der Waals surface area contributed by atoms with Crippen LogP contribution in [0.15, 0.2) is 182 Å². The molecule has 2 heterocycles. The molecule has 0 radical (unpaired) electrons. The Morgan fingerprint density at radius 2 is 0.795 bits per heavy atom. The molecule has 0 amide bonds. The average Bonchev–Trinajstić information content (AvgIpc) is 4.33. The Labute approximate surface area is 453 Å². The fraction of sp³-hybridized carbons (Fsp3) is 0.111. The number of nitriles is 3. The summed E-state index contributed by atoms with van der Waals surface area (Å²) in [7, 11) is 0. The minimum atomic E-state index is -0.264. The van der Waals surface area contributed by atoms with Gasteiger partial charge in [0.25, 0.3) is 0 Å². The fourth-order valence-electron chi connectivity index (χ4n) is 13.6. The number of fused-ring (bicyclic) bond motifs is 12. The van der Waals surface area contributed by atoms with E-state index in [2.05, 4.69) is 207 Å². The largest absolute Gasteiger partial charge is 0.318 e. The average molecular weight is 997 g/mol. The molecule has 14 rings (SSSR count). The smallest absolute Gasteiger partial charge is 0.212 e. The zero-order valence-electron chi connectivity index (χ0n) is 44.0. The van der Waals surface area contributed by atoms with E-state index in [1.54, 1.807) is 0 Å². The Bertz CT molecular complexity index is 4500. The molecule has 0 atom stereocenters. The number of aryl methyl sites for hydroxylation is 2. The minimum absolute atomic E-state index is 0.261. The van der Waals surface area contributed by atoms with E-state index in [4.69, 9.17) is 6.57 Å². The maximum absolute atomic E-state index is 11.3. The zero-order chi connectivity index (χ0) is 53.5. The van der Waals surface area contributed by atoms with E-state index in [9.17, 15) is 15.8 Å². The normalized spacial score (nSPS) is 13.4. The van der Waals surface area contributed by atoms with Crippen molar-refractivity contribution in [2.75, 3.05) is 0 Å². The molecule has 10 aromatic carbocycles. The molecule has 6 heteroatoms. The molecular weight excluding hydrogens is 949 g/mol. The van der Waals surface area contributed by atoms with Crippen LogP contribution in [0, 0.1) is 54.4 Å². The predicted molar refractivity (Wildman–Crippen MR) is 316 cm³/mol. The first-order valence-electron chi connectivity index (χ1n) is 26.4. The van der Waals surface area contributed by atoms with Crippen molar-refractivity contribution in [3.05, 3.63) is 243 Å². The van der Waals surface area contributed by atoms with Crippen LogP contribution in [0.4, 0.5) is 5.69 Å². The summed E-state index contributed by atoms with van der Waals surface area (Å²) in [6.07, 6.45) is 0. The Kier molecular flexibility index (Phi) is 9.87. The van der Waals surface area contributed by atoms with Gasteiger partial charge in [-0.15, -0.1) is 0 Å². The van der Waals surface area contributed by atoms with Gasteiger partial charge in [-0.25, -0.2) is 4.85 Å². The van der Waals surface area contributed by atoms with Gasteiger partial charge in [-0.3, -0.25) is 0 Å². The van der Waals surface area contributed by atoms with E-state index >= 15 is 0 Å². The van der Waals surface area contributed by atoms with Crippen molar-refractivity contribution in [1.82, 2.24) is 9.13 Å². The van der Waals surface area contributed by atoms with Crippen LogP contribution in [0.3, 0.4) is 0 Å². The minimum Gasteiger partial charge on any atom is -0.318 e. The lowest BCUT2D eigenvalue weighted by molar-refractivity contribution is 0.661. The van der Waals surface area contributed by atoms with Gasteiger partial charge >= 0.3 is 0 Å². The number of benzene rings is 10. The summed E-state index contributed by atoms with van der Waals surface area (Å²) in [4.78, 5) is 4.22. The first kappa shape index (κ1) is 46.3. The first-order valence-corrected chi connectivity index (χ1v) is 26.4. The quantitative estimate of drug-likeness (QED) is 0.161. The highest BCUT2D eigenvalue weighted by atomic mass is 15.0. The van der Waals surface area contributed by atoms with Crippen LogP contribution < -0.4 is 0 Å². The lowest BCUT2D eigenvalue weighted by Crippen LogP contribution is -2.15. The second-order valence-electron chi connectivity index (χ2n) is 22.2. The monoisotopic (exact) mass is 996 g/mol. The molecule has 2 aromatic heterocycles. The van der Waals surface area contributed by atoms with Gasteiger partial charge in [-0.1, -0.05) is 131 Å². The lowest BCUT2D eigenvalue weighted by atomic mass is 9.82. The van der Waals surface area contributed by atoms with E-state index in [0.717, 1.165) is 77.0 Å². The second-order valence-corrected chi connectivity index (χ2v) is 22.2. The SMILES string of the molecule is [C-]#[N+]c1cc(-c2cc(-c3cc(C#N)c(-n4c5ccccc5c5cc6c(cc54)C(C)(C)c4ccccc4-6)c(C#N)c3)cc(-c3c(C)cccc3C)c2)cc(C#N)c1-n1c2ccccc2c2cc3c(cc21)C(C)(C)c1ccccc1-3. The molecule has 78 heavy (non-hydrogen) atoms. The third kappa shape index (κ3) is 6.39. The summed E-state index contributed by atoms with van der Waals surface area (Å²) in [5.74, 6) is 0. The number of aromatic nitrogens is 2. The molecule has 366 valence electrons. The number of nitrogens with zero attached hydrogens (tertiary/aromatic N) is 6. The molecule has 2 aliphatic rings. The lowest BCUT2D eigenvalue weighted by Gasteiger charge is -2.22. The Balaban J connectivity index is 0.972. The van der Waals surface area contributed by atoms with Crippen LogP contribution in [0.5, 0.6) is 0 Å². The molecule has 12 aromatic rings. The maximum atomic E-state index is 11.3. The third-order valence-corrected chi connectivity index (χ3v) is 17.2. The predicted octanol–water partition coefficient (Wildman–Crippen LogP) is 18.3. The van der Waals surface area contributed by atoms with Crippen LogP contribution in [0.2, 0.25) is 0 Å². The molecule has 0 aliphatic heterocycles. The summed E-state index contributed by atoms with van der Waals surface area (Å²) in [5.41, 5.74) is 22.7. The third-order valence-electron chi connectivity index (χ3n) is 17.2. The molecule has 0 spiro atoms. The summed E-state index contributed by atoms with van der Waals surface area (Å²) in [6, 6.07) is 70.7. The van der Waals surface area contributed by atoms with Crippen LogP contribution in [0.1, 0.15) is 77.8 Å². The highest BCUT2D eigenvalue weighted by Gasteiger charge is 2.38. The molecule has 0 saturated heterocycles. The molecule has 0 fully saturated rings. The van der Waals surface area contributed by atoms with Gasteiger partial charge in [0, 0.05) is 32.4 Å². The Morgan fingerprint density at radius 1 is 0.385 bits per heavy atom. The van der Waals surface area contributed by atoms with E-state index in [1.165, 1.54) is 44.5 Å². The Morgan fingerprint density at radius 3 is 1.28 bits per heavy atom. The fourth-order valence-corrected chi connectivity index (χ4v) is 13.6. The van der Waals surface area contributed by atoms with Crippen LogP contribution in [-0.4, -0.2) is 9.13 Å². The maximum Gasteiger partial charge on any atom is 0.212 e. The van der Waals surface area contributed by atoms with Gasteiger partial charge < -0.3 is 9.13 Å². The van der Waals surface area contributed by atoms with Crippen LogP contribution in [0.25, 0.3) is 115 Å². The van der Waals surface area contributed by atoms with Crippen molar-refractivity contribution < 1.29 is 0 Å². The molecule has 0 unspecified atom stereocenters. The standard InChI is InChI=1S/C72H48N6/c1-41-17-16-18-42(2)68(41)47-28-43(45-30-48(38-73)69(49(31-45)39-74)77-64-25-14-10-21-53(64)57-34-55-51-19-8-12-23-59(51)71(3,4)61(55)36-66(57)77)27-44(29-47)46-32-50(40-75)70(63(33-46)76-7)78-65-26-15-11-22-54(65)58-35-56-52-20-9-13-24-60(52)72(5,6)62(56)37-67(58)78/h8-37H,1-6H3. The second kappa shape index (κ2) is 16.6. The summed E-state index contributed by atoms with van der Waals surface area (Å²) in [5, 5.41) is 38.0. The molecular formula is C72H48N6. The van der Waals surface area contributed by atoms with Gasteiger partial charge in [0.15, 0.2) is 0 Å². The summed E-state index contributed by atoms with van der Waals surface area (Å²) < 4.78 is 4.24. The van der Waals surface area contributed by atoms with Crippen LogP contribution in [-0.2, 0) is 10.8 Å². The summed E-state index contributed by atoms with van der Waals surface area (Å²) in [6.45, 7) is 22.1. The van der Waals surface area contributed by atoms with E-state index < -0.39 is 0 Å². The van der Waals surface area contributed by atoms with Crippen molar-refractivity contribution >= 4 is 49.3 Å². The first-order chi connectivity index (χ1) is 37.8. The van der Waals surface area contributed by atoms with Gasteiger partial charge in [0.1, 0.15) is 12.1 Å². The van der Waals surface area contributed by atoms with Gasteiger partial charge in [-0.05, 0) is 182 Å². The number of hydrogen-bond acceptors (Lipinski definition) is 3. The highest BCUT2D eigenvalue weighted by Crippen LogP contribution is 2.53. The number of para-hydroxylation sites is 2. The van der Waals surface area contributed by atoms with Gasteiger partial charge in [0.2, 0.25) is 5.69 Å². The van der Waals surface area contributed by atoms with E-state index in [0.29, 0.717) is 44.9 Å². The molecule has 2 aliphatic carbocycles. The van der Waals surface area contributed by atoms with Crippen molar-refractivity contribution in [3.8, 4) is 85.2 Å². The van der Waals surface area contributed by atoms with Crippen molar-refractivity contribution in [2.24, 2.45) is 0 Å². The molecule has 6 nitrogen and oxygen atoms in total.